The first-order chi connectivity index (χ1) is 10.5. The third kappa shape index (κ3) is 3.74. The van der Waals surface area contributed by atoms with E-state index in [1.54, 1.807) is 24.3 Å². The monoisotopic (exact) mass is 302 g/mol. The van der Waals surface area contributed by atoms with E-state index in [1.807, 2.05) is 7.05 Å². The van der Waals surface area contributed by atoms with Crippen LogP contribution in [-0.2, 0) is 0 Å². The van der Waals surface area contributed by atoms with Gasteiger partial charge in [-0.2, -0.15) is 0 Å². The molecule has 1 atom stereocenters. The summed E-state index contributed by atoms with van der Waals surface area (Å²) in [6, 6.07) is 8.62. The molecule has 1 amide bonds. The third-order valence-corrected chi connectivity index (χ3v) is 3.95. The number of para-hydroxylation sites is 1. The minimum atomic E-state index is -0.361. The number of hydrogen-bond acceptors (Lipinski definition) is 4. The van der Waals surface area contributed by atoms with E-state index in [0.29, 0.717) is 23.6 Å². The zero-order valence-electron chi connectivity index (χ0n) is 13.3. The topological polar surface area (TPSA) is 62.6 Å². The van der Waals surface area contributed by atoms with Crippen molar-refractivity contribution in [1.29, 1.82) is 0 Å². The first-order valence-electron chi connectivity index (χ1n) is 7.54. The van der Waals surface area contributed by atoms with Crippen LogP contribution < -0.4 is 10.7 Å². The first kappa shape index (κ1) is 16.2. The first-order valence-corrected chi connectivity index (χ1v) is 7.54. The summed E-state index contributed by atoms with van der Waals surface area (Å²) in [6.45, 7) is 5.53. The predicted octanol–water partition coefficient (Wildman–Crippen LogP) is 2.25. The quantitative estimate of drug-likeness (QED) is 0.889. The van der Waals surface area contributed by atoms with Crippen LogP contribution in [0.15, 0.2) is 39.5 Å². The lowest BCUT2D eigenvalue weighted by atomic mass is 10.2. The number of carbonyl (C=O) groups is 1. The van der Waals surface area contributed by atoms with Crippen molar-refractivity contribution < 1.29 is 9.21 Å². The lowest BCUT2D eigenvalue weighted by Gasteiger charge is -2.23. The van der Waals surface area contributed by atoms with Crippen LogP contribution in [0.4, 0.5) is 0 Å². The highest BCUT2D eigenvalue weighted by molar-refractivity contribution is 5.93. The lowest BCUT2D eigenvalue weighted by molar-refractivity contribution is 0.0920. The summed E-state index contributed by atoms with van der Waals surface area (Å²) in [5, 5.41) is 3.27. The number of carbonyl (C=O) groups excluding carboxylic acids is 1. The molecule has 0 spiro atoms. The van der Waals surface area contributed by atoms with Crippen LogP contribution in [0.1, 0.15) is 30.8 Å². The van der Waals surface area contributed by atoms with E-state index in [9.17, 15) is 9.59 Å². The summed E-state index contributed by atoms with van der Waals surface area (Å²) in [7, 11) is 2.02. The van der Waals surface area contributed by atoms with Crippen LogP contribution in [0.3, 0.4) is 0 Å². The van der Waals surface area contributed by atoms with E-state index in [4.69, 9.17) is 4.42 Å². The van der Waals surface area contributed by atoms with Crippen LogP contribution in [0.5, 0.6) is 0 Å². The summed E-state index contributed by atoms with van der Waals surface area (Å²) < 4.78 is 5.50. The number of hydrogen-bond donors (Lipinski definition) is 1. The number of nitrogens with zero attached hydrogens (tertiary/aromatic N) is 1. The van der Waals surface area contributed by atoms with Gasteiger partial charge in [0.25, 0.3) is 5.91 Å². The fourth-order valence-electron chi connectivity index (χ4n) is 2.18. The Bertz CT molecular complexity index is 708. The van der Waals surface area contributed by atoms with Crippen LogP contribution in [0.2, 0.25) is 0 Å². The predicted molar refractivity (Wildman–Crippen MR) is 87.2 cm³/mol. The van der Waals surface area contributed by atoms with Crippen LogP contribution in [-0.4, -0.2) is 37.0 Å². The average molecular weight is 302 g/mol. The van der Waals surface area contributed by atoms with Gasteiger partial charge in [0.1, 0.15) is 5.58 Å². The molecule has 22 heavy (non-hydrogen) atoms. The van der Waals surface area contributed by atoms with Gasteiger partial charge < -0.3 is 14.6 Å². The molecule has 2 aromatic rings. The van der Waals surface area contributed by atoms with Gasteiger partial charge in [0, 0.05) is 25.2 Å². The highest BCUT2D eigenvalue weighted by Gasteiger charge is 2.12. The Kier molecular flexibility index (Phi) is 5.33. The van der Waals surface area contributed by atoms with Crippen molar-refractivity contribution in [3.05, 3.63) is 46.3 Å². The van der Waals surface area contributed by atoms with Crippen molar-refractivity contribution in [2.75, 3.05) is 20.1 Å². The number of benzene rings is 1. The van der Waals surface area contributed by atoms with Crippen LogP contribution >= 0.6 is 0 Å². The second-order valence-corrected chi connectivity index (χ2v) is 5.46. The smallest absolute Gasteiger partial charge is 0.287 e. The van der Waals surface area contributed by atoms with E-state index in [0.717, 1.165) is 13.0 Å². The number of likely N-dealkylation sites (N-methyl/N-ethyl adjacent to an activating group) is 1. The summed E-state index contributed by atoms with van der Waals surface area (Å²) >= 11 is 0. The molecule has 0 bridgehead atoms. The van der Waals surface area contributed by atoms with E-state index in [-0.39, 0.29) is 17.1 Å². The molecule has 118 valence electrons. The van der Waals surface area contributed by atoms with Crippen molar-refractivity contribution in [2.24, 2.45) is 0 Å². The fourth-order valence-corrected chi connectivity index (χ4v) is 2.18. The molecule has 2 rings (SSSR count). The molecule has 1 N–H and O–H groups in total. The van der Waals surface area contributed by atoms with Crippen molar-refractivity contribution in [2.45, 2.75) is 26.3 Å². The summed E-state index contributed by atoms with van der Waals surface area (Å²) in [5.74, 6) is -0.310. The molecule has 0 unspecified atom stereocenters. The second kappa shape index (κ2) is 7.22. The van der Waals surface area contributed by atoms with Crippen molar-refractivity contribution in [3.63, 3.8) is 0 Å². The molecule has 0 saturated heterocycles. The maximum absolute atomic E-state index is 12.1. The molecule has 0 aliphatic heterocycles. The Balaban J connectivity index is 2.03. The van der Waals surface area contributed by atoms with Gasteiger partial charge in [-0.1, -0.05) is 19.1 Å². The van der Waals surface area contributed by atoms with Gasteiger partial charge in [0.05, 0.1) is 5.39 Å². The van der Waals surface area contributed by atoms with E-state index >= 15 is 0 Å². The molecular weight excluding hydrogens is 280 g/mol. The molecule has 5 heteroatoms. The molecular formula is C17H22N2O3. The Morgan fingerprint density at radius 1 is 1.36 bits per heavy atom. The standard InChI is InChI=1S/C17H22N2O3/c1-4-12(2)19(3)10-9-18-17(21)16-11-14(20)13-7-5-6-8-15(13)22-16/h5-8,11-12H,4,9-10H2,1-3H3,(H,18,21)/t12-/m0/s1. The number of nitrogens with one attached hydrogen (secondary N) is 1. The van der Waals surface area contributed by atoms with Crippen LogP contribution in [0.25, 0.3) is 11.0 Å². The molecule has 0 fully saturated rings. The van der Waals surface area contributed by atoms with Crippen molar-refractivity contribution >= 4 is 16.9 Å². The zero-order valence-corrected chi connectivity index (χ0v) is 13.3. The molecule has 0 aliphatic carbocycles. The minimum absolute atomic E-state index is 0.0508. The van der Waals surface area contributed by atoms with Gasteiger partial charge in [-0.15, -0.1) is 0 Å². The van der Waals surface area contributed by atoms with Gasteiger partial charge in [-0.05, 0) is 32.5 Å². The second-order valence-electron chi connectivity index (χ2n) is 5.46. The normalized spacial score (nSPS) is 12.5. The summed E-state index contributed by atoms with van der Waals surface area (Å²) in [4.78, 5) is 26.2. The number of amides is 1. The minimum Gasteiger partial charge on any atom is -0.451 e. The summed E-state index contributed by atoms with van der Waals surface area (Å²) in [6.07, 6.45) is 1.06. The Morgan fingerprint density at radius 2 is 2.09 bits per heavy atom. The van der Waals surface area contributed by atoms with E-state index < -0.39 is 0 Å². The third-order valence-electron chi connectivity index (χ3n) is 3.95. The number of fused-ring (bicyclic) bond motifs is 1. The molecule has 1 heterocycles. The maximum atomic E-state index is 12.1. The van der Waals surface area contributed by atoms with Gasteiger partial charge >= 0.3 is 0 Å². The van der Waals surface area contributed by atoms with Gasteiger partial charge in [-0.25, -0.2) is 0 Å². The molecule has 0 saturated carbocycles. The molecule has 0 aliphatic rings. The largest absolute Gasteiger partial charge is 0.451 e. The lowest BCUT2D eigenvalue weighted by Crippen LogP contribution is -2.37. The average Bonchev–Trinajstić information content (AvgIpc) is 2.53. The summed E-state index contributed by atoms with van der Waals surface area (Å²) in [5.41, 5.74) is 0.223. The highest BCUT2D eigenvalue weighted by atomic mass is 16.3. The van der Waals surface area contributed by atoms with Crippen LogP contribution in [0, 0.1) is 0 Å². The highest BCUT2D eigenvalue weighted by Crippen LogP contribution is 2.11. The zero-order chi connectivity index (χ0) is 16.1. The maximum Gasteiger partial charge on any atom is 0.287 e. The number of rotatable bonds is 6. The Labute approximate surface area is 129 Å². The van der Waals surface area contributed by atoms with Gasteiger partial charge in [0.15, 0.2) is 11.2 Å². The van der Waals surface area contributed by atoms with Gasteiger partial charge in [-0.3, -0.25) is 9.59 Å². The SMILES string of the molecule is CC[C@H](C)N(C)CCNC(=O)c1cc(=O)c2ccccc2o1. The Morgan fingerprint density at radius 3 is 2.82 bits per heavy atom. The van der Waals surface area contributed by atoms with E-state index in [2.05, 4.69) is 24.1 Å². The molecule has 0 radical (unpaired) electrons. The Hall–Kier alpha value is -2.14. The molecule has 5 nitrogen and oxygen atoms in total. The molecule has 1 aromatic heterocycles. The van der Waals surface area contributed by atoms with Crippen molar-refractivity contribution in [1.82, 2.24) is 10.2 Å². The molecule has 1 aromatic carbocycles. The fraction of sp³-hybridized carbons (Fsp3) is 0.412. The van der Waals surface area contributed by atoms with Crippen molar-refractivity contribution in [3.8, 4) is 0 Å². The van der Waals surface area contributed by atoms with E-state index in [1.165, 1.54) is 6.07 Å². The van der Waals surface area contributed by atoms with Gasteiger partial charge in [0.2, 0.25) is 0 Å².